The number of carbonyl (C=O) groups is 1. The smallest absolute Gasteiger partial charge is 0.322 e. The molecule has 1 N–H and O–H groups in total. The largest absolute Gasteiger partial charge is 0.416 e. The summed E-state index contributed by atoms with van der Waals surface area (Å²) in [5.41, 5.74) is -1.90. The number of hydrogen-bond donors (Lipinski definition) is 1. The topological polar surface area (TPSA) is 59.8 Å². The second-order valence-corrected chi connectivity index (χ2v) is 10.3. The molecule has 1 aromatic heterocycles. The van der Waals surface area contributed by atoms with E-state index in [-0.39, 0.29) is 11.6 Å². The second-order valence-electron chi connectivity index (χ2n) is 8.45. The highest BCUT2D eigenvalue weighted by Crippen LogP contribution is 2.37. The monoisotopic (exact) mass is 640 g/mol. The molecule has 0 fully saturated rings. The van der Waals surface area contributed by atoms with Crippen LogP contribution in [0.2, 0.25) is 0 Å². The van der Waals surface area contributed by atoms with E-state index in [0.29, 0.717) is 35.4 Å². The van der Waals surface area contributed by atoms with Crippen molar-refractivity contribution in [2.24, 2.45) is 0 Å². The minimum atomic E-state index is -5.02. The van der Waals surface area contributed by atoms with Crippen LogP contribution in [0.15, 0.2) is 89.0 Å². The lowest BCUT2D eigenvalue weighted by Crippen LogP contribution is -2.16. The minimum Gasteiger partial charge on any atom is -0.322 e. The number of carbonyl (C=O) groups excluding carboxylic acids is 1. The lowest BCUT2D eigenvalue weighted by Gasteiger charge is -2.15. The van der Waals surface area contributed by atoms with Gasteiger partial charge in [-0.05, 0) is 48.0 Å². The molecule has 0 radical (unpaired) electrons. The van der Waals surface area contributed by atoms with Crippen molar-refractivity contribution < 1.29 is 31.1 Å². The highest BCUT2D eigenvalue weighted by atomic mass is 79.9. The number of hydrogen-bond acceptors (Lipinski definition) is 4. The van der Waals surface area contributed by atoms with Gasteiger partial charge in [-0.15, -0.1) is 16.8 Å². The van der Waals surface area contributed by atoms with Gasteiger partial charge in [0.25, 0.3) is 5.91 Å². The van der Waals surface area contributed by atoms with E-state index >= 15 is 0 Å². The number of nitrogens with one attached hydrogen (secondary N) is 1. The molecule has 1 amide bonds. The SMILES string of the molecule is C=CCn1c(SCc2ccc(C(=O)Nc3cc(C(F)(F)F)cc(C(F)(F)F)c3)cc2)nnc1-c1ccc(Br)cc1. The van der Waals surface area contributed by atoms with Crippen LogP contribution >= 0.6 is 27.7 Å². The lowest BCUT2D eigenvalue weighted by molar-refractivity contribution is -0.143. The summed E-state index contributed by atoms with van der Waals surface area (Å²) in [6.07, 6.45) is -8.31. The predicted molar refractivity (Wildman–Crippen MR) is 144 cm³/mol. The van der Waals surface area contributed by atoms with E-state index in [4.69, 9.17) is 0 Å². The van der Waals surface area contributed by atoms with Crippen molar-refractivity contribution in [2.75, 3.05) is 5.32 Å². The van der Waals surface area contributed by atoms with Crippen molar-refractivity contribution in [1.29, 1.82) is 0 Å². The van der Waals surface area contributed by atoms with Crippen LogP contribution < -0.4 is 5.32 Å². The standard InChI is InChI=1S/C27H19BrF6N4OS/c1-2-11-38-23(17-7-9-21(28)10-8-17)36-37-25(38)40-15-16-3-5-18(6-4-16)24(39)35-22-13-19(26(29,30)31)12-20(14-22)27(32,33)34/h2-10,12-14H,1,11,15H2,(H,35,39). The Balaban J connectivity index is 1.46. The number of alkyl halides is 6. The van der Waals surface area contributed by atoms with Gasteiger partial charge in [-0.25, -0.2) is 0 Å². The first-order valence-electron chi connectivity index (χ1n) is 11.5. The highest BCUT2D eigenvalue weighted by molar-refractivity contribution is 9.10. The van der Waals surface area contributed by atoms with Gasteiger partial charge in [-0.2, -0.15) is 26.3 Å². The number of nitrogens with zero attached hydrogens (tertiary/aromatic N) is 3. The van der Waals surface area contributed by atoms with Crippen molar-refractivity contribution in [1.82, 2.24) is 14.8 Å². The fraction of sp³-hybridized carbons (Fsp3) is 0.148. The van der Waals surface area contributed by atoms with Crippen LogP contribution in [0.4, 0.5) is 32.0 Å². The van der Waals surface area contributed by atoms with E-state index in [9.17, 15) is 31.1 Å². The fourth-order valence-electron chi connectivity index (χ4n) is 3.63. The maximum Gasteiger partial charge on any atom is 0.416 e. The molecule has 0 bridgehead atoms. The fourth-order valence-corrected chi connectivity index (χ4v) is 4.80. The number of aromatic nitrogens is 3. The molecule has 40 heavy (non-hydrogen) atoms. The molecule has 0 unspecified atom stereocenters. The normalized spacial score (nSPS) is 11.9. The number of rotatable bonds is 8. The summed E-state index contributed by atoms with van der Waals surface area (Å²) in [5, 5.41) is 11.4. The minimum absolute atomic E-state index is 0.000169. The van der Waals surface area contributed by atoms with E-state index in [1.165, 1.54) is 23.9 Å². The van der Waals surface area contributed by atoms with Gasteiger partial charge in [-0.3, -0.25) is 9.36 Å². The molecule has 0 aliphatic rings. The van der Waals surface area contributed by atoms with E-state index in [1.54, 1.807) is 18.2 Å². The Kier molecular flexibility index (Phi) is 8.74. The molecular formula is C27H19BrF6N4OS. The molecule has 3 aromatic carbocycles. The Morgan fingerprint density at radius 3 is 2.08 bits per heavy atom. The molecular weight excluding hydrogens is 622 g/mol. The summed E-state index contributed by atoms with van der Waals surface area (Å²) in [7, 11) is 0. The Hall–Kier alpha value is -3.58. The number of benzene rings is 3. The summed E-state index contributed by atoms with van der Waals surface area (Å²) in [4.78, 5) is 12.6. The van der Waals surface area contributed by atoms with Gasteiger partial charge in [0.2, 0.25) is 0 Å². The number of halogens is 7. The molecule has 0 saturated carbocycles. The van der Waals surface area contributed by atoms with Gasteiger partial charge < -0.3 is 5.32 Å². The van der Waals surface area contributed by atoms with Crippen molar-refractivity contribution in [3.63, 3.8) is 0 Å². The first kappa shape index (κ1) is 29.4. The summed E-state index contributed by atoms with van der Waals surface area (Å²) in [6, 6.07) is 14.7. The molecule has 0 aliphatic heterocycles. The quantitative estimate of drug-likeness (QED) is 0.119. The Morgan fingerprint density at radius 2 is 1.52 bits per heavy atom. The van der Waals surface area contributed by atoms with Crippen LogP contribution in [0.5, 0.6) is 0 Å². The number of amides is 1. The zero-order valence-electron chi connectivity index (χ0n) is 20.4. The third-order valence-electron chi connectivity index (χ3n) is 5.56. The third kappa shape index (κ3) is 7.13. The number of anilines is 1. The molecule has 0 spiro atoms. The summed E-state index contributed by atoms with van der Waals surface area (Å²) in [6.45, 7) is 4.27. The Labute approximate surface area is 237 Å². The van der Waals surface area contributed by atoms with E-state index < -0.39 is 35.1 Å². The van der Waals surface area contributed by atoms with Gasteiger partial charge >= 0.3 is 12.4 Å². The van der Waals surface area contributed by atoms with Crippen molar-refractivity contribution in [2.45, 2.75) is 29.8 Å². The molecule has 208 valence electrons. The average Bonchev–Trinajstić information content (AvgIpc) is 3.29. The van der Waals surface area contributed by atoms with Gasteiger partial charge in [0.05, 0.1) is 11.1 Å². The van der Waals surface area contributed by atoms with Crippen molar-refractivity contribution in [3.8, 4) is 11.4 Å². The maximum atomic E-state index is 13.1. The molecule has 0 saturated heterocycles. The summed E-state index contributed by atoms with van der Waals surface area (Å²) < 4.78 is 81.5. The van der Waals surface area contributed by atoms with Crippen LogP contribution in [-0.2, 0) is 24.7 Å². The zero-order valence-corrected chi connectivity index (χ0v) is 22.8. The van der Waals surface area contributed by atoms with Crippen molar-refractivity contribution in [3.05, 3.63) is 106 Å². The predicted octanol–water partition coefficient (Wildman–Crippen LogP) is 8.48. The number of thioether (sulfide) groups is 1. The van der Waals surface area contributed by atoms with E-state index in [1.807, 2.05) is 28.8 Å². The van der Waals surface area contributed by atoms with Crippen LogP contribution in [0.1, 0.15) is 27.0 Å². The van der Waals surface area contributed by atoms with E-state index in [2.05, 4.69) is 38.0 Å². The van der Waals surface area contributed by atoms with Gasteiger partial charge in [0.1, 0.15) is 0 Å². The Morgan fingerprint density at radius 1 is 0.925 bits per heavy atom. The average molecular weight is 641 g/mol. The molecule has 1 heterocycles. The molecule has 5 nitrogen and oxygen atoms in total. The van der Waals surface area contributed by atoms with E-state index in [0.717, 1.165) is 15.6 Å². The van der Waals surface area contributed by atoms with Gasteiger partial charge in [-0.1, -0.05) is 58.0 Å². The third-order valence-corrected chi connectivity index (χ3v) is 7.13. The molecule has 4 aromatic rings. The maximum absolute atomic E-state index is 13.1. The molecule has 0 atom stereocenters. The summed E-state index contributed by atoms with van der Waals surface area (Å²) >= 11 is 4.81. The number of allylic oxidation sites excluding steroid dienone is 1. The molecule has 4 rings (SSSR count). The first-order valence-corrected chi connectivity index (χ1v) is 13.3. The highest BCUT2D eigenvalue weighted by Gasteiger charge is 2.37. The molecule has 13 heteroatoms. The van der Waals surface area contributed by atoms with Gasteiger partial charge in [0, 0.05) is 33.6 Å². The summed E-state index contributed by atoms with van der Waals surface area (Å²) in [5.74, 6) is 0.279. The van der Waals surface area contributed by atoms with Crippen LogP contribution in [0.3, 0.4) is 0 Å². The zero-order chi connectivity index (χ0) is 29.1. The lowest BCUT2D eigenvalue weighted by atomic mass is 10.1. The Bertz CT molecular complexity index is 1480. The van der Waals surface area contributed by atoms with Crippen LogP contribution in [0.25, 0.3) is 11.4 Å². The van der Waals surface area contributed by atoms with Crippen LogP contribution in [-0.4, -0.2) is 20.7 Å². The second kappa shape index (κ2) is 11.9. The molecule has 0 aliphatic carbocycles. The first-order chi connectivity index (χ1) is 18.8. The van der Waals surface area contributed by atoms with Crippen LogP contribution in [0, 0.1) is 0 Å². The van der Waals surface area contributed by atoms with Gasteiger partial charge in [0.15, 0.2) is 11.0 Å². The van der Waals surface area contributed by atoms with Crippen molar-refractivity contribution >= 4 is 39.3 Å².